The molecule has 1 aromatic carbocycles. The predicted octanol–water partition coefficient (Wildman–Crippen LogP) is 3.39. The highest BCUT2D eigenvalue weighted by Crippen LogP contribution is 2.27. The molecule has 1 N–H and O–H groups in total. The quantitative estimate of drug-likeness (QED) is 0.853. The SMILES string of the molecule is C#CCN(C)Cc1c(CNC(C)(C)C)oc2ccccc12. The third-order valence-corrected chi connectivity index (χ3v) is 3.35. The standard InChI is InChI=1S/C18H24N2O/c1-6-11-20(5)13-15-14-9-7-8-10-16(14)21-17(15)12-19-18(2,3)4/h1,7-10,19H,11-13H2,2-5H3. The second-order valence-electron chi connectivity index (χ2n) is 6.48. The Labute approximate surface area is 127 Å². The molecule has 0 radical (unpaired) electrons. The lowest BCUT2D eigenvalue weighted by molar-refractivity contribution is 0.356. The summed E-state index contributed by atoms with van der Waals surface area (Å²) in [6, 6.07) is 8.17. The van der Waals surface area contributed by atoms with E-state index in [1.54, 1.807) is 0 Å². The van der Waals surface area contributed by atoms with E-state index in [4.69, 9.17) is 10.8 Å². The van der Waals surface area contributed by atoms with Crippen molar-refractivity contribution in [2.45, 2.75) is 39.4 Å². The molecule has 0 saturated heterocycles. The highest BCUT2D eigenvalue weighted by Gasteiger charge is 2.17. The molecule has 0 bridgehead atoms. The van der Waals surface area contributed by atoms with Crippen molar-refractivity contribution in [1.29, 1.82) is 0 Å². The first kappa shape index (κ1) is 15.6. The van der Waals surface area contributed by atoms with Gasteiger partial charge in [0.2, 0.25) is 0 Å². The van der Waals surface area contributed by atoms with E-state index in [0.717, 1.165) is 24.4 Å². The van der Waals surface area contributed by atoms with Crippen LogP contribution in [0.4, 0.5) is 0 Å². The molecule has 1 aromatic heterocycles. The number of terminal acetylenes is 1. The third kappa shape index (κ3) is 4.10. The molecular formula is C18H24N2O. The molecule has 3 heteroatoms. The lowest BCUT2D eigenvalue weighted by atomic mass is 10.1. The molecule has 0 fully saturated rings. The number of hydrogen-bond acceptors (Lipinski definition) is 3. The molecule has 0 atom stereocenters. The smallest absolute Gasteiger partial charge is 0.134 e. The maximum absolute atomic E-state index is 6.03. The predicted molar refractivity (Wildman–Crippen MR) is 88.0 cm³/mol. The highest BCUT2D eigenvalue weighted by atomic mass is 16.3. The highest BCUT2D eigenvalue weighted by molar-refractivity contribution is 5.82. The van der Waals surface area contributed by atoms with Crippen LogP contribution in [0.5, 0.6) is 0 Å². The van der Waals surface area contributed by atoms with Gasteiger partial charge in [0.05, 0.1) is 13.1 Å². The molecule has 21 heavy (non-hydrogen) atoms. The number of fused-ring (bicyclic) bond motifs is 1. The van der Waals surface area contributed by atoms with Crippen LogP contribution < -0.4 is 5.32 Å². The van der Waals surface area contributed by atoms with Crippen LogP contribution in [0.1, 0.15) is 32.1 Å². The molecule has 3 nitrogen and oxygen atoms in total. The van der Waals surface area contributed by atoms with Crippen molar-refractivity contribution in [1.82, 2.24) is 10.2 Å². The fourth-order valence-corrected chi connectivity index (χ4v) is 2.29. The molecule has 0 unspecified atom stereocenters. The molecular weight excluding hydrogens is 260 g/mol. The molecule has 2 rings (SSSR count). The number of hydrogen-bond donors (Lipinski definition) is 1. The van der Waals surface area contributed by atoms with Crippen molar-refractivity contribution in [3.05, 3.63) is 35.6 Å². The van der Waals surface area contributed by atoms with E-state index in [2.05, 4.69) is 43.0 Å². The average Bonchev–Trinajstić information content (AvgIpc) is 2.74. The monoisotopic (exact) mass is 284 g/mol. The van der Waals surface area contributed by atoms with E-state index in [0.29, 0.717) is 6.54 Å². The Morgan fingerprint density at radius 1 is 1.29 bits per heavy atom. The van der Waals surface area contributed by atoms with Crippen LogP contribution in [0.2, 0.25) is 0 Å². The molecule has 0 aliphatic rings. The van der Waals surface area contributed by atoms with Gasteiger partial charge in [0.1, 0.15) is 11.3 Å². The minimum atomic E-state index is 0.0565. The number of para-hydroxylation sites is 1. The van der Waals surface area contributed by atoms with Crippen LogP contribution >= 0.6 is 0 Å². The fourth-order valence-electron chi connectivity index (χ4n) is 2.29. The van der Waals surface area contributed by atoms with Crippen LogP contribution in [0, 0.1) is 12.3 Å². The first-order valence-corrected chi connectivity index (χ1v) is 7.27. The second kappa shape index (κ2) is 6.34. The van der Waals surface area contributed by atoms with Gasteiger partial charge in [-0.1, -0.05) is 24.1 Å². The normalized spacial score (nSPS) is 12.0. The van der Waals surface area contributed by atoms with Gasteiger partial charge in [0.15, 0.2) is 0 Å². The lowest BCUT2D eigenvalue weighted by Crippen LogP contribution is -2.35. The minimum absolute atomic E-state index is 0.0565. The summed E-state index contributed by atoms with van der Waals surface area (Å²) >= 11 is 0. The molecule has 0 aliphatic carbocycles. The Bertz CT molecular complexity index is 643. The molecule has 2 aromatic rings. The zero-order chi connectivity index (χ0) is 15.5. The zero-order valence-electron chi connectivity index (χ0n) is 13.4. The summed E-state index contributed by atoms with van der Waals surface area (Å²) in [5, 5.41) is 4.67. The average molecular weight is 284 g/mol. The maximum atomic E-state index is 6.03. The number of nitrogens with one attached hydrogen (secondary N) is 1. The van der Waals surface area contributed by atoms with Crippen LogP contribution in [0.3, 0.4) is 0 Å². The Morgan fingerprint density at radius 3 is 2.67 bits per heavy atom. The van der Waals surface area contributed by atoms with Crippen LogP contribution in [-0.2, 0) is 13.1 Å². The van der Waals surface area contributed by atoms with E-state index in [1.807, 2.05) is 25.2 Å². The van der Waals surface area contributed by atoms with Gasteiger partial charge >= 0.3 is 0 Å². The van der Waals surface area contributed by atoms with E-state index >= 15 is 0 Å². The topological polar surface area (TPSA) is 28.4 Å². The van der Waals surface area contributed by atoms with Gasteiger partial charge in [-0.15, -0.1) is 6.42 Å². The number of benzene rings is 1. The number of nitrogens with zero attached hydrogens (tertiary/aromatic N) is 1. The molecule has 1 heterocycles. The van der Waals surface area contributed by atoms with E-state index in [-0.39, 0.29) is 5.54 Å². The summed E-state index contributed by atoms with van der Waals surface area (Å²) in [6.07, 6.45) is 5.40. The largest absolute Gasteiger partial charge is 0.459 e. The molecule has 0 amide bonds. The lowest BCUT2D eigenvalue weighted by Gasteiger charge is -2.20. The number of rotatable bonds is 5. The van der Waals surface area contributed by atoms with E-state index in [1.165, 1.54) is 10.9 Å². The number of furan rings is 1. The van der Waals surface area contributed by atoms with Crippen molar-refractivity contribution in [2.24, 2.45) is 0 Å². The fraction of sp³-hybridized carbons (Fsp3) is 0.444. The second-order valence-corrected chi connectivity index (χ2v) is 6.48. The van der Waals surface area contributed by atoms with Gasteiger partial charge in [-0.2, -0.15) is 0 Å². The van der Waals surface area contributed by atoms with Crippen molar-refractivity contribution in [3.63, 3.8) is 0 Å². The Hall–Kier alpha value is -1.76. The van der Waals surface area contributed by atoms with Crippen LogP contribution in [0.25, 0.3) is 11.0 Å². The first-order valence-electron chi connectivity index (χ1n) is 7.27. The molecule has 0 aliphatic heterocycles. The van der Waals surface area contributed by atoms with Gasteiger partial charge < -0.3 is 9.73 Å². The maximum Gasteiger partial charge on any atom is 0.134 e. The third-order valence-electron chi connectivity index (χ3n) is 3.35. The Morgan fingerprint density at radius 2 is 2.00 bits per heavy atom. The van der Waals surface area contributed by atoms with Crippen LogP contribution in [0.15, 0.2) is 28.7 Å². The van der Waals surface area contributed by atoms with Gasteiger partial charge in [-0.05, 0) is 33.9 Å². The minimum Gasteiger partial charge on any atom is -0.459 e. The van der Waals surface area contributed by atoms with E-state index < -0.39 is 0 Å². The molecule has 0 spiro atoms. The van der Waals surface area contributed by atoms with Crippen LogP contribution in [-0.4, -0.2) is 24.0 Å². The summed E-state index contributed by atoms with van der Waals surface area (Å²) in [5.41, 5.74) is 2.22. The van der Waals surface area contributed by atoms with Crippen molar-refractivity contribution in [2.75, 3.05) is 13.6 Å². The zero-order valence-corrected chi connectivity index (χ0v) is 13.4. The van der Waals surface area contributed by atoms with Crippen molar-refractivity contribution in [3.8, 4) is 12.3 Å². The summed E-state index contributed by atoms with van der Waals surface area (Å²) in [7, 11) is 2.03. The summed E-state index contributed by atoms with van der Waals surface area (Å²) in [6.45, 7) is 8.60. The van der Waals surface area contributed by atoms with Gasteiger partial charge in [0, 0.05) is 23.0 Å². The Kier molecular flexibility index (Phi) is 4.72. The van der Waals surface area contributed by atoms with Gasteiger partial charge in [0.25, 0.3) is 0 Å². The van der Waals surface area contributed by atoms with Crippen molar-refractivity contribution >= 4 is 11.0 Å². The Balaban J connectivity index is 2.32. The van der Waals surface area contributed by atoms with E-state index in [9.17, 15) is 0 Å². The van der Waals surface area contributed by atoms with Crippen molar-refractivity contribution < 1.29 is 4.42 Å². The molecule has 112 valence electrons. The summed E-state index contributed by atoms with van der Waals surface area (Å²) in [4.78, 5) is 2.12. The molecule has 0 saturated carbocycles. The summed E-state index contributed by atoms with van der Waals surface area (Å²) < 4.78 is 6.03. The summed E-state index contributed by atoms with van der Waals surface area (Å²) in [5.74, 6) is 3.68. The van der Waals surface area contributed by atoms with Gasteiger partial charge in [-0.25, -0.2) is 0 Å². The first-order chi connectivity index (χ1) is 9.90. The van der Waals surface area contributed by atoms with Gasteiger partial charge in [-0.3, -0.25) is 4.90 Å².